The molecular formula is C18H12Cl2FN5O2. The first kappa shape index (κ1) is 18.5. The van der Waals surface area contributed by atoms with Crippen LogP contribution in [0.5, 0.6) is 0 Å². The first-order valence-electron chi connectivity index (χ1n) is 8.17. The lowest BCUT2D eigenvalue weighted by atomic mass is 10.0. The first-order chi connectivity index (χ1) is 13.4. The minimum absolute atomic E-state index is 0.0696. The molecule has 4 rings (SSSR count). The molecule has 10 heteroatoms. The maximum atomic E-state index is 15.0. The number of ketones is 1. The van der Waals surface area contributed by atoms with Gasteiger partial charge in [0.1, 0.15) is 12.4 Å². The highest BCUT2D eigenvalue weighted by atomic mass is 35.5. The lowest BCUT2D eigenvalue weighted by Gasteiger charge is -2.15. The lowest BCUT2D eigenvalue weighted by molar-refractivity contribution is -0.119. The molecule has 1 aliphatic rings. The second-order valence-corrected chi connectivity index (χ2v) is 6.95. The van der Waals surface area contributed by atoms with Gasteiger partial charge in [0.25, 0.3) is 5.56 Å². The molecule has 0 spiro atoms. The van der Waals surface area contributed by atoms with E-state index in [4.69, 9.17) is 23.2 Å². The highest BCUT2D eigenvalue weighted by molar-refractivity contribution is 6.31. The molecule has 3 aromatic rings. The van der Waals surface area contributed by atoms with E-state index in [9.17, 15) is 14.0 Å². The molecule has 1 aromatic carbocycles. The van der Waals surface area contributed by atoms with Crippen molar-refractivity contribution < 1.29 is 9.18 Å². The minimum Gasteiger partial charge on any atom is -0.298 e. The predicted molar refractivity (Wildman–Crippen MR) is 102 cm³/mol. The number of fused-ring (bicyclic) bond motifs is 1. The van der Waals surface area contributed by atoms with E-state index in [0.717, 1.165) is 0 Å². The molecule has 0 aliphatic carbocycles. The van der Waals surface area contributed by atoms with Crippen molar-refractivity contribution in [1.82, 2.24) is 24.8 Å². The zero-order chi connectivity index (χ0) is 20.0. The summed E-state index contributed by atoms with van der Waals surface area (Å²) >= 11 is 11.6. The van der Waals surface area contributed by atoms with Crippen molar-refractivity contribution in [3.8, 4) is 16.8 Å². The van der Waals surface area contributed by atoms with Gasteiger partial charge in [-0.3, -0.25) is 14.2 Å². The molecule has 0 amide bonds. The summed E-state index contributed by atoms with van der Waals surface area (Å²) < 4.78 is 17.6. The Balaban J connectivity index is 1.96. The quantitative estimate of drug-likeness (QED) is 0.606. The topological polar surface area (TPSA) is 82.7 Å². The number of Topliss-reactive ketones (excluding diaryl/α,β-unsaturated/α-hetero) is 1. The third-order valence-electron chi connectivity index (χ3n) is 4.64. The van der Waals surface area contributed by atoms with Gasteiger partial charge >= 0.3 is 0 Å². The number of hydrogen-bond acceptors (Lipinski definition) is 5. The highest BCUT2D eigenvalue weighted by Crippen LogP contribution is 2.38. The maximum absolute atomic E-state index is 15.0. The summed E-state index contributed by atoms with van der Waals surface area (Å²) in [5.74, 6) is -1.20. The summed E-state index contributed by atoms with van der Waals surface area (Å²) in [4.78, 5) is 24.9. The summed E-state index contributed by atoms with van der Waals surface area (Å²) in [6.45, 7) is 3.94. The SMILES string of the molecule is C=C1CC(C(=O)CCl)n2c1cc(-c1c(-n3cnnn3)ccc(Cl)c1F)cc2=O. The van der Waals surface area contributed by atoms with E-state index in [-0.39, 0.29) is 34.2 Å². The maximum Gasteiger partial charge on any atom is 0.252 e. The molecule has 0 saturated carbocycles. The summed E-state index contributed by atoms with van der Waals surface area (Å²) in [7, 11) is 0. The Bertz CT molecular complexity index is 1170. The van der Waals surface area contributed by atoms with E-state index < -0.39 is 17.4 Å². The Hall–Kier alpha value is -2.84. The summed E-state index contributed by atoms with van der Waals surface area (Å²) in [6.07, 6.45) is 1.59. The van der Waals surface area contributed by atoms with Crippen LogP contribution in [-0.4, -0.2) is 36.4 Å². The van der Waals surface area contributed by atoms with Crippen LogP contribution >= 0.6 is 23.2 Å². The minimum atomic E-state index is -0.712. The summed E-state index contributed by atoms with van der Waals surface area (Å²) in [5, 5.41) is 10.8. The van der Waals surface area contributed by atoms with Crippen LogP contribution in [0.4, 0.5) is 4.39 Å². The van der Waals surface area contributed by atoms with Crippen LogP contribution in [-0.2, 0) is 4.79 Å². The number of aromatic nitrogens is 5. The second kappa shape index (κ2) is 6.96. The number of pyridine rings is 1. The van der Waals surface area contributed by atoms with Crippen molar-refractivity contribution >= 4 is 34.6 Å². The number of halogens is 3. The molecule has 1 unspecified atom stereocenters. The number of nitrogens with zero attached hydrogens (tertiary/aromatic N) is 5. The van der Waals surface area contributed by atoms with Gasteiger partial charge in [-0.1, -0.05) is 18.2 Å². The van der Waals surface area contributed by atoms with Crippen molar-refractivity contribution in [3.05, 3.63) is 64.1 Å². The molecule has 1 atom stereocenters. The molecule has 28 heavy (non-hydrogen) atoms. The largest absolute Gasteiger partial charge is 0.298 e. The van der Waals surface area contributed by atoms with E-state index >= 15 is 0 Å². The van der Waals surface area contributed by atoms with Gasteiger partial charge < -0.3 is 0 Å². The Morgan fingerprint density at radius 3 is 2.82 bits per heavy atom. The van der Waals surface area contributed by atoms with E-state index in [2.05, 4.69) is 22.1 Å². The summed E-state index contributed by atoms with van der Waals surface area (Å²) in [6, 6.07) is 5.08. The van der Waals surface area contributed by atoms with Crippen molar-refractivity contribution in [2.75, 3.05) is 5.88 Å². The van der Waals surface area contributed by atoms with Crippen LogP contribution in [0.1, 0.15) is 18.2 Å². The molecule has 7 nitrogen and oxygen atoms in total. The molecule has 0 radical (unpaired) electrons. The zero-order valence-electron chi connectivity index (χ0n) is 14.3. The monoisotopic (exact) mass is 419 g/mol. The number of allylic oxidation sites excluding steroid dienone is 1. The molecule has 2 aromatic heterocycles. The van der Waals surface area contributed by atoms with Crippen LogP contribution in [0.2, 0.25) is 5.02 Å². The average molecular weight is 420 g/mol. The lowest BCUT2D eigenvalue weighted by Crippen LogP contribution is -2.28. The zero-order valence-corrected chi connectivity index (χ0v) is 15.8. The van der Waals surface area contributed by atoms with E-state index in [0.29, 0.717) is 17.0 Å². The van der Waals surface area contributed by atoms with Crippen molar-refractivity contribution in [2.45, 2.75) is 12.5 Å². The Kier molecular flexibility index (Phi) is 4.60. The fourth-order valence-electron chi connectivity index (χ4n) is 3.37. The van der Waals surface area contributed by atoms with E-state index in [1.807, 2.05) is 0 Å². The van der Waals surface area contributed by atoms with Gasteiger partial charge in [0.2, 0.25) is 0 Å². The van der Waals surface area contributed by atoms with Crippen LogP contribution < -0.4 is 5.56 Å². The molecular weight excluding hydrogens is 408 g/mol. The first-order valence-corrected chi connectivity index (χ1v) is 9.08. The van der Waals surface area contributed by atoms with Crippen molar-refractivity contribution in [1.29, 1.82) is 0 Å². The Labute approximate surface area is 168 Å². The number of carbonyl (C=O) groups excluding carboxylic acids is 1. The summed E-state index contributed by atoms with van der Waals surface area (Å²) in [5.41, 5.74) is 1.24. The number of tetrazole rings is 1. The fourth-order valence-corrected chi connectivity index (χ4v) is 3.71. The van der Waals surface area contributed by atoms with Gasteiger partial charge in [0.15, 0.2) is 11.6 Å². The number of rotatable bonds is 4. The van der Waals surface area contributed by atoms with Crippen molar-refractivity contribution in [2.24, 2.45) is 0 Å². The van der Waals surface area contributed by atoms with Gasteiger partial charge in [-0.2, -0.15) is 4.68 Å². The molecule has 3 heterocycles. The predicted octanol–water partition coefficient (Wildman–Crippen LogP) is 3.05. The van der Waals surface area contributed by atoms with E-state index in [1.54, 1.807) is 12.1 Å². The molecule has 142 valence electrons. The van der Waals surface area contributed by atoms with E-state index in [1.165, 1.54) is 27.7 Å². The van der Waals surface area contributed by atoms with Crippen LogP contribution in [0.25, 0.3) is 22.4 Å². The van der Waals surface area contributed by atoms with Crippen molar-refractivity contribution in [3.63, 3.8) is 0 Å². The second-order valence-electron chi connectivity index (χ2n) is 6.27. The number of alkyl halides is 1. The fraction of sp³-hybridized carbons (Fsp3) is 0.167. The van der Waals surface area contributed by atoms with Crippen LogP contribution in [0, 0.1) is 5.82 Å². The number of carbonyl (C=O) groups is 1. The van der Waals surface area contributed by atoms with Crippen LogP contribution in [0.3, 0.4) is 0 Å². The molecule has 0 fully saturated rings. The Morgan fingerprint density at radius 1 is 1.36 bits per heavy atom. The Morgan fingerprint density at radius 2 is 2.14 bits per heavy atom. The number of hydrogen-bond donors (Lipinski definition) is 0. The van der Waals surface area contributed by atoms with Crippen LogP contribution in [0.15, 0.2) is 42.0 Å². The molecule has 0 bridgehead atoms. The smallest absolute Gasteiger partial charge is 0.252 e. The molecule has 0 N–H and O–H groups in total. The third kappa shape index (κ3) is 2.85. The molecule has 1 aliphatic heterocycles. The van der Waals surface area contributed by atoms with Gasteiger partial charge in [-0.05, 0) is 39.8 Å². The molecule has 0 saturated heterocycles. The van der Waals surface area contributed by atoms with Gasteiger partial charge in [0, 0.05) is 23.7 Å². The van der Waals surface area contributed by atoms with Gasteiger partial charge in [-0.25, -0.2) is 4.39 Å². The highest BCUT2D eigenvalue weighted by Gasteiger charge is 2.32. The number of benzene rings is 1. The third-order valence-corrected chi connectivity index (χ3v) is 5.20. The van der Waals surface area contributed by atoms with Gasteiger partial charge in [-0.15, -0.1) is 16.7 Å². The standard InChI is InChI=1S/C18H12Cl2FN5O2/c1-9-4-14(15(27)7-19)26-13(9)5-10(6-16(26)28)17-12(25-8-22-23-24-25)3-2-11(20)18(17)21/h2-3,5-6,8,14H,1,4,7H2. The average Bonchev–Trinajstić information content (AvgIpc) is 3.32. The normalized spacial score (nSPS) is 15.7. The van der Waals surface area contributed by atoms with Gasteiger partial charge in [0.05, 0.1) is 16.6 Å².